The van der Waals surface area contributed by atoms with Gasteiger partial charge in [-0.3, -0.25) is 19.4 Å². The smallest absolute Gasteiger partial charge is 0.320 e. The molecule has 0 aliphatic carbocycles. The maximum atomic E-state index is 12.1. The lowest BCUT2D eigenvalue weighted by atomic mass is 10.2. The summed E-state index contributed by atoms with van der Waals surface area (Å²) in [6, 6.07) is -0.520. The molecule has 7 nitrogen and oxygen atoms in total. The highest BCUT2D eigenvalue weighted by Crippen LogP contribution is 2.16. The fraction of sp³-hybridized carbons (Fsp3) is 0.875. The van der Waals surface area contributed by atoms with Crippen molar-refractivity contribution in [2.24, 2.45) is 5.92 Å². The molecule has 2 fully saturated rings. The van der Waals surface area contributed by atoms with Gasteiger partial charge in [-0.2, -0.15) is 0 Å². The number of carboxylic acids is 1. The number of hydrogen-bond acceptors (Lipinski definition) is 5. The van der Waals surface area contributed by atoms with Gasteiger partial charge in [0, 0.05) is 26.2 Å². The molecule has 2 atom stereocenters. The van der Waals surface area contributed by atoms with Gasteiger partial charge in [-0.1, -0.05) is 13.8 Å². The number of ether oxygens (including phenoxy) is 1. The molecule has 0 aromatic rings. The molecular formula is C16H29N3O4. The molecule has 0 spiro atoms. The lowest BCUT2D eigenvalue weighted by molar-refractivity contribution is -0.142. The SMILES string of the molecule is CC(C)CN1CCOC(CNC(=O)CN2CCCC2C(=O)O)C1. The van der Waals surface area contributed by atoms with Gasteiger partial charge in [0.15, 0.2) is 0 Å². The highest BCUT2D eigenvalue weighted by atomic mass is 16.5. The minimum atomic E-state index is -0.838. The maximum absolute atomic E-state index is 12.1. The van der Waals surface area contributed by atoms with Crippen LogP contribution in [0.2, 0.25) is 0 Å². The third-order valence-electron chi connectivity index (χ3n) is 4.37. The Kier molecular flexibility index (Phi) is 6.80. The molecule has 2 N–H and O–H groups in total. The average molecular weight is 327 g/mol. The quantitative estimate of drug-likeness (QED) is 0.685. The molecular weight excluding hydrogens is 298 g/mol. The third kappa shape index (κ3) is 5.75. The van der Waals surface area contributed by atoms with E-state index in [0.717, 1.165) is 26.1 Å². The average Bonchev–Trinajstić information content (AvgIpc) is 2.93. The summed E-state index contributed by atoms with van der Waals surface area (Å²) < 4.78 is 5.71. The molecule has 0 bridgehead atoms. The standard InChI is InChI=1S/C16H29N3O4/c1-12(2)9-18-6-7-23-13(10-18)8-17-15(20)11-19-5-3-4-14(19)16(21)22/h12-14H,3-11H2,1-2H3,(H,17,20)(H,21,22). The first-order valence-corrected chi connectivity index (χ1v) is 8.53. The number of nitrogens with zero attached hydrogens (tertiary/aromatic N) is 2. The Morgan fingerprint density at radius 1 is 1.35 bits per heavy atom. The highest BCUT2D eigenvalue weighted by molar-refractivity contribution is 5.80. The van der Waals surface area contributed by atoms with E-state index < -0.39 is 12.0 Å². The van der Waals surface area contributed by atoms with E-state index in [-0.39, 0.29) is 18.6 Å². The normalized spacial score (nSPS) is 26.6. The second kappa shape index (κ2) is 8.61. The van der Waals surface area contributed by atoms with E-state index in [1.54, 1.807) is 4.90 Å². The predicted octanol–water partition coefficient (Wildman–Crippen LogP) is 0.00840. The van der Waals surface area contributed by atoms with E-state index in [4.69, 9.17) is 9.84 Å². The number of carboxylic acid groups (broad SMARTS) is 1. The van der Waals surface area contributed by atoms with E-state index in [9.17, 15) is 9.59 Å². The van der Waals surface area contributed by atoms with Crippen LogP contribution in [0.15, 0.2) is 0 Å². The number of aliphatic carboxylic acids is 1. The van der Waals surface area contributed by atoms with E-state index in [1.807, 2.05) is 0 Å². The summed E-state index contributed by atoms with van der Waals surface area (Å²) in [4.78, 5) is 27.3. The number of rotatable bonds is 7. The molecule has 132 valence electrons. The molecule has 2 aliphatic heterocycles. The molecule has 0 aromatic carbocycles. The summed E-state index contributed by atoms with van der Waals surface area (Å²) in [7, 11) is 0. The number of hydrogen-bond donors (Lipinski definition) is 2. The van der Waals surface area contributed by atoms with Crippen LogP contribution in [0.4, 0.5) is 0 Å². The lowest BCUT2D eigenvalue weighted by Gasteiger charge is -2.34. The Hall–Kier alpha value is -1.18. The fourth-order valence-electron chi connectivity index (χ4n) is 3.35. The van der Waals surface area contributed by atoms with Crippen LogP contribution in [0.25, 0.3) is 0 Å². The molecule has 0 saturated carbocycles. The van der Waals surface area contributed by atoms with Crippen LogP contribution in [-0.4, -0.2) is 84.8 Å². The molecule has 2 rings (SSSR count). The van der Waals surface area contributed by atoms with Gasteiger partial charge < -0.3 is 15.2 Å². The lowest BCUT2D eigenvalue weighted by Crippen LogP contribution is -2.50. The zero-order valence-electron chi connectivity index (χ0n) is 14.2. The van der Waals surface area contributed by atoms with Gasteiger partial charge in [-0.15, -0.1) is 0 Å². The van der Waals surface area contributed by atoms with Crippen LogP contribution in [0, 0.1) is 5.92 Å². The number of amides is 1. The van der Waals surface area contributed by atoms with Crippen molar-refractivity contribution in [3.05, 3.63) is 0 Å². The molecule has 2 aliphatic rings. The number of carbonyl (C=O) groups excluding carboxylic acids is 1. The van der Waals surface area contributed by atoms with Gasteiger partial charge in [0.2, 0.25) is 5.91 Å². The van der Waals surface area contributed by atoms with Crippen molar-refractivity contribution in [3.8, 4) is 0 Å². The first-order chi connectivity index (χ1) is 11.0. The van der Waals surface area contributed by atoms with Crippen molar-refractivity contribution in [1.29, 1.82) is 0 Å². The van der Waals surface area contributed by atoms with Gasteiger partial charge in [0.05, 0.1) is 19.3 Å². The summed E-state index contributed by atoms with van der Waals surface area (Å²) in [6.45, 7) is 9.21. The van der Waals surface area contributed by atoms with Gasteiger partial charge in [0.1, 0.15) is 6.04 Å². The highest BCUT2D eigenvalue weighted by Gasteiger charge is 2.31. The minimum Gasteiger partial charge on any atom is -0.480 e. The maximum Gasteiger partial charge on any atom is 0.320 e. The van der Waals surface area contributed by atoms with Crippen LogP contribution in [0.5, 0.6) is 0 Å². The van der Waals surface area contributed by atoms with Crippen LogP contribution in [-0.2, 0) is 14.3 Å². The molecule has 2 unspecified atom stereocenters. The second-order valence-electron chi connectivity index (χ2n) is 6.92. The Bertz CT molecular complexity index is 416. The van der Waals surface area contributed by atoms with Gasteiger partial charge >= 0.3 is 5.97 Å². The van der Waals surface area contributed by atoms with Gasteiger partial charge in [0.25, 0.3) is 0 Å². The largest absolute Gasteiger partial charge is 0.480 e. The summed E-state index contributed by atoms with van der Waals surface area (Å²) in [5.41, 5.74) is 0. The Balaban J connectivity index is 1.70. The topological polar surface area (TPSA) is 82.1 Å². The van der Waals surface area contributed by atoms with E-state index in [2.05, 4.69) is 24.1 Å². The third-order valence-corrected chi connectivity index (χ3v) is 4.37. The fourth-order valence-corrected chi connectivity index (χ4v) is 3.35. The van der Waals surface area contributed by atoms with Crippen LogP contribution in [0.3, 0.4) is 0 Å². The zero-order valence-corrected chi connectivity index (χ0v) is 14.2. The van der Waals surface area contributed by atoms with Crippen molar-refractivity contribution in [2.45, 2.75) is 38.8 Å². The van der Waals surface area contributed by atoms with E-state index in [0.29, 0.717) is 32.0 Å². The Morgan fingerprint density at radius 2 is 2.13 bits per heavy atom. The van der Waals surface area contributed by atoms with Crippen molar-refractivity contribution in [3.63, 3.8) is 0 Å². The van der Waals surface area contributed by atoms with Crippen molar-refractivity contribution >= 4 is 11.9 Å². The predicted molar refractivity (Wildman–Crippen MR) is 86.3 cm³/mol. The number of carbonyl (C=O) groups is 2. The molecule has 23 heavy (non-hydrogen) atoms. The summed E-state index contributed by atoms with van der Waals surface area (Å²) in [5, 5.41) is 12.0. The Labute approximate surface area is 138 Å². The number of morpholine rings is 1. The minimum absolute atomic E-state index is 0.0142. The summed E-state index contributed by atoms with van der Waals surface area (Å²) in [6.07, 6.45) is 1.47. The van der Waals surface area contributed by atoms with E-state index in [1.165, 1.54) is 0 Å². The van der Waals surface area contributed by atoms with Crippen LogP contribution < -0.4 is 5.32 Å². The van der Waals surface area contributed by atoms with Gasteiger partial charge in [-0.05, 0) is 25.3 Å². The second-order valence-corrected chi connectivity index (χ2v) is 6.92. The van der Waals surface area contributed by atoms with Crippen molar-refractivity contribution in [1.82, 2.24) is 15.1 Å². The molecule has 0 aromatic heterocycles. The van der Waals surface area contributed by atoms with E-state index >= 15 is 0 Å². The number of likely N-dealkylation sites (tertiary alicyclic amines) is 1. The molecule has 7 heteroatoms. The summed E-state index contributed by atoms with van der Waals surface area (Å²) in [5.74, 6) is -0.343. The molecule has 2 saturated heterocycles. The number of nitrogens with one attached hydrogen (secondary N) is 1. The zero-order chi connectivity index (χ0) is 16.8. The first kappa shape index (κ1) is 18.2. The monoisotopic (exact) mass is 327 g/mol. The van der Waals surface area contributed by atoms with Crippen LogP contribution >= 0.6 is 0 Å². The van der Waals surface area contributed by atoms with Crippen molar-refractivity contribution < 1.29 is 19.4 Å². The molecule has 1 amide bonds. The summed E-state index contributed by atoms with van der Waals surface area (Å²) >= 11 is 0. The van der Waals surface area contributed by atoms with Gasteiger partial charge in [-0.25, -0.2) is 0 Å². The molecule has 0 radical (unpaired) electrons. The molecule has 2 heterocycles. The first-order valence-electron chi connectivity index (χ1n) is 8.53. The van der Waals surface area contributed by atoms with Crippen LogP contribution in [0.1, 0.15) is 26.7 Å². The Morgan fingerprint density at radius 3 is 2.83 bits per heavy atom. The van der Waals surface area contributed by atoms with Crippen molar-refractivity contribution in [2.75, 3.05) is 45.9 Å².